The number of piperazine rings is 1. The first-order valence-corrected chi connectivity index (χ1v) is 10.9. The molecule has 1 aromatic heterocycles. The third kappa shape index (κ3) is 7.42. The first-order chi connectivity index (χ1) is 13.7. The van der Waals surface area contributed by atoms with Crippen molar-refractivity contribution in [3.05, 3.63) is 46.4 Å². The number of guanidine groups is 1. The van der Waals surface area contributed by atoms with Crippen LogP contribution in [0.1, 0.15) is 23.7 Å². The molecule has 29 heavy (non-hydrogen) atoms. The summed E-state index contributed by atoms with van der Waals surface area (Å²) < 4.78 is 0. The van der Waals surface area contributed by atoms with Gasteiger partial charge in [0.1, 0.15) is 5.01 Å². The van der Waals surface area contributed by atoms with Gasteiger partial charge < -0.3 is 15.5 Å². The Balaban J connectivity index is 0.00000300. The van der Waals surface area contributed by atoms with Crippen molar-refractivity contribution in [3.63, 3.8) is 0 Å². The van der Waals surface area contributed by atoms with E-state index in [-0.39, 0.29) is 24.0 Å². The van der Waals surface area contributed by atoms with Gasteiger partial charge in [0.15, 0.2) is 5.96 Å². The third-order valence-corrected chi connectivity index (χ3v) is 5.91. The Labute approximate surface area is 195 Å². The van der Waals surface area contributed by atoms with E-state index in [1.54, 1.807) is 11.3 Å². The quantitative estimate of drug-likeness (QED) is 0.328. The Morgan fingerprint density at radius 3 is 2.52 bits per heavy atom. The van der Waals surface area contributed by atoms with Crippen molar-refractivity contribution < 1.29 is 0 Å². The maximum absolute atomic E-state index is 4.68. The molecule has 8 heteroatoms. The number of halogens is 1. The number of para-hydroxylation sites is 1. The van der Waals surface area contributed by atoms with Crippen LogP contribution in [-0.4, -0.2) is 61.2 Å². The number of nitrogens with zero attached hydrogens (tertiary/aromatic N) is 4. The fourth-order valence-corrected chi connectivity index (χ4v) is 4.11. The van der Waals surface area contributed by atoms with E-state index in [1.807, 2.05) is 6.20 Å². The molecule has 0 amide bonds. The maximum Gasteiger partial charge on any atom is 0.191 e. The van der Waals surface area contributed by atoms with Gasteiger partial charge in [0.05, 0.1) is 6.54 Å². The Morgan fingerprint density at radius 1 is 1.17 bits per heavy atom. The van der Waals surface area contributed by atoms with Crippen molar-refractivity contribution in [2.24, 2.45) is 4.99 Å². The number of aromatic nitrogens is 1. The summed E-state index contributed by atoms with van der Waals surface area (Å²) in [5.41, 5.74) is 1.33. The number of benzene rings is 1. The van der Waals surface area contributed by atoms with Crippen LogP contribution in [0.4, 0.5) is 5.69 Å². The van der Waals surface area contributed by atoms with E-state index in [0.29, 0.717) is 12.6 Å². The highest BCUT2D eigenvalue weighted by atomic mass is 127. The highest BCUT2D eigenvalue weighted by Gasteiger charge is 2.21. The second-order valence-electron chi connectivity index (χ2n) is 7.15. The molecule has 6 nitrogen and oxygen atoms in total. The summed E-state index contributed by atoms with van der Waals surface area (Å²) in [7, 11) is 0. The molecule has 0 radical (unpaired) electrons. The van der Waals surface area contributed by atoms with E-state index in [0.717, 1.165) is 50.2 Å². The second kappa shape index (κ2) is 12.3. The molecule has 1 fully saturated rings. The summed E-state index contributed by atoms with van der Waals surface area (Å²) in [5, 5.41) is 7.89. The van der Waals surface area contributed by atoms with E-state index in [9.17, 15) is 0 Å². The lowest BCUT2D eigenvalue weighted by Crippen LogP contribution is -2.53. The number of aryl methyl sites for hydroxylation is 1. The van der Waals surface area contributed by atoms with Crippen LogP contribution in [-0.2, 0) is 6.54 Å². The smallest absolute Gasteiger partial charge is 0.191 e. The minimum Gasteiger partial charge on any atom is -0.369 e. The van der Waals surface area contributed by atoms with Crippen LogP contribution in [0.25, 0.3) is 0 Å². The minimum atomic E-state index is 0. The van der Waals surface area contributed by atoms with Crippen molar-refractivity contribution in [1.82, 2.24) is 20.5 Å². The summed E-state index contributed by atoms with van der Waals surface area (Å²) in [5.74, 6) is 0.866. The predicted octanol–water partition coefficient (Wildman–Crippen LogP) is 3.34. The Kier molecular flexibility index (Phi) is 10.2. The Hall–Kier alpha value is -1.39. The van der Waals surface area contributed by atoms with Crippen molar-refractivity contribution in [2.75, 3.05) is 44.2 Å². The van der Waals surface area contributed by atoms with Gasteiger partial charge in [-0.05, 0) is 32.9 Å². The SMILES string of the molecule is CCNC(=NCc1ncc(C)s1)NCC(C)N1CCN(c2ccccc2)CC1.I. The van der Waals surface area contributed by atoms with E-state index < -0.39 is 0 Å². The summed E-state index contributed by atoms with van der Waals surface area (Å²) in [4.78, 5) is 15.3. The molecule has 1 aliphatic heterocycles. The van der Waals surface area contributed by atoms with Crippen LogP contribution >= 0.6 is 35.3 Å². The summed E-state index contributed by atoms with van der Waals surface area (Å²) in [6, 6.07) is 11.2. The average Bonchev–Trinajstić information content (AvgIpc) is 3.16. The molecule has 1 saturated heterocycles. The van der Waals surface area contributed by atoms with Gasteiger partial charge in [-0.25, -0.2) is 9.98 Å². The average molecular weight is 529 g/mol. The molecule has 0 spiro atoms. The van der Waals surface area contributed by atoms with Crippen LogP contribution < -0.4 is 15.5 Å². The molecule has 1 aliphatic rings. The van der Waals surface area contributed by atoms with Crippen molar-refractivity contribution in [2.45, 2.75) is 33.4 Å². The molecular weight excluding hydrogens is 495 g/mol. The molecule has 1 unspecified atom stereocenters. The van der Waals surface area contributed by atoms with Gasteiger partial charge in [-0.15, -0.1) is 35.3 Å². The van der Waals surface area contributed by atoms with Gasteiger partial charge >= 0.3 is 0 Å². The minimum absolute atomic E-state index is 0. The number of anilines is 1. The topological polar surface area (TPSA) is 55.8 Å². The van der Waals surface area contributed by atoms with E-state index in [1.165, 1.54) is 10.6 Å². The number of rotatable bonds is 7. The lowest BCUT2D eigenvalue weighted by molar-refractivity contribution is 0.197. The zero-order valence-corrected chi connectivity index (χ0v) is 20.7. The highest BCUT2D eigenvalue weighted by molar-refractivity contribution is 14.0. The van der Waals surface area contributed by atoms with Crippen LogP contribution in [0.3, 0.4) is 0 Å². The van der Waals surface area contributed by atoms with Gasteiger partial charge in [-0.2, -0.15) is 0 Å². The Bertz CT molecular complexity index is 743. The Morgan fingerprint density at radius 2 is 1.90 bits per heavy atom. The lowest BCUT2D eigenvalue weighted by Gasteiger charge is -2.39. The van der Waals surface area contributed by atoms with Gasteiger partial charge in [0.25, 0.3) is 0 Å². The fraction of sp³-hybridized carbons (Fsp3) is 0.524. The van der Waals surface area contributed by atoms with Gasteiger partial charge in [0, 0.05) is 62.1 Å². The molecule has 1 atom stereocenters. The number of hydrogen-bond acceptors (Lipinski definition) is 5. The summed E-state index contributed by atoms with van der Waals surface area (Å²) >= 11 is 1.71. The molecule has 3 rings (SSSR count). The van der Waals surface area contributed by atoms with E-state index in [2.05, 4.69) is 81.5 Å². The molecule has 2 heterocycles. The van der Waals surface area contributed by atoms with Crippen LogP contribution in [0.2, 0.25) is 0 Å². The van der Waals surface area contributed by atoms with Crippen molar-refractivity contribution in [1.29, 1.82) is 0 Å². The molecule has 160 valence electrons. The lowest BCUT2D eigenvalue weighted by atomic mass is 10.2. The number of aliphatic imine (C=N–C) groups is 1. The first-order valence-electron chi connectivity index (χ1n) is 10.1. The monoisotopic (exact) mass is 528 g/mol. The largest absolute Gasteiger partial charge is 0.369 e. The van der Waals surface area contributed by atoms with Crippen LogP contribution in [0.5, 0.6) is 0 Å². The van der Waals surface area contributed by atoms with Gasteiger partial charge in [-0.1, -0.05) is 18.2 Å². The summed E-state index contributed by atoms with van der Waals surface area (Å²) in [6.07, 6.45) is 1.91. The van der Waals surface area contributed by atoms with E-state index in [4.69, 9.17) is 0 Å². The van der Waals surface area contributed by atoms with Gasteiger partial charge in [-0.3, -0.25) is 4.90 Å². The highest BCUT2D eigenvalue weighted by Crippen LogP contribution is 2.16. The predicted molar refractivity (Wildman–Crippen MR) is 135 cm³/mol. The second-order valence-corrected chi connectivity index (χ2v) is 8.47. The van der Waals surface area contributed by atoms with Gasteiger partial charge in [0.2, 0.25) is 0 Å². The molecule has 2 N–H and O–H groups in total. The summed E-state index contributed by atoms with van der Waals surface area (Å²) in [6.45, 7) is 13.1. The molecule has 2 aromatic rings. The first kappa shape index (κ1) is 23.9. The molecule has 0 aliphatic carbocycles. The molecule has 0 bridgehead atoms. The molecule has 1 aromatic carbocycles. The number of nitrogens with one attached hydrogen (secondary N) is 2. The molecular formula is C21H33IN6S. The van der Waals surface area contributed by atoms with Crippen molar-refractivity contribution >= 4 is 47.0 Å². The zero-order chi connectivity index (χ0) is 19.8. The van der Waals surface area contributed by atoms with Crippen molar-refractivity contribution in [3.8, 4) is 0 Å². The molecule has 0 saturated carbocycles. The van der Waals surface area contributed by atoms with Crippen LogP contribution in [0.15, 0.2) is 41.5 Å². The number of thiazole rings is 1. The standard InChI is InChI=1S/C21H32N6S.HI/c1-4-22-21(25-16-20-23-15-18(3)28-20)24-14-17(2)26-10-12-27(13-11-26)19-8-6-5-7-9-19;/h5-9,15,17H,4,10-14,16H2,1-3H3,(H2,22,24,25);1H. The number of hydrogen-bond donors (Lipinski definition) is 2. The normalized spacial score (nSPS) is 16.2. The zero-order valence-electron chi connectivity index (χ0n) is 17.6. The van der Waals surface area contributed by atoms with E-state index >= 15 is 0 Å². The fourth-order valence-electron chi connectivity index (χ4n) is 3.40. The maximum atomic E-state index is 4.68. The third-order valence-electron chi connectivity index (χ3n) is 5.01. The van der Waals surface area contributed by atoms with Crippen LogP contribution in [0, 0.1) is 6.92 Å².